The lowest BCUT2D eigenvalue weighted by Crippen LogP contribution is -2.49. The van der Waals surface area contributed by atoms with E-state index in [-0.39, 0.29) is 0 Å². The fourth-order valence-electron chi connectivity index (χ4n) is 2.87. The second-order valence-electron chi connectivity index (χ2n) is 6.40. The maximum Gasteiger partial charge on any atom is 0.173 e. The molecule has 0 spiro atoms. The van der Waals surface area contributed by atoms with Crippen LogP contribution in [0.4, 0.5) is 5.69 Å². The molecule has 0 aliphatic carbocycles. The molecule has 0 amide bonds. The number of piperazine rings is 1. The summed E-state index contributed by atoms with van der Waals surface area (Å²) in [5.74, 6) is 0. The minimum absolute atomic E-state index is 0.823. The molecular weight excluding hydrogens is 326 g/mol. The van der Waals surface area contributed by atoms with E-state index in [1.807, 2.05) is 6.07 Å². The van der Waals surface area contributed by atoms with Crippen LogP contribution in [0.1, 0.15) is 11.1 Å². The molecule has 0 aromatic heterocycles. The van der Waals surface area contributed by atoms with Crippen LogP contribution in [0.5, 0.6) is 0 Å². The fourth-order valence-corrected chi connectivity index (χ4v) is 3.18. The number of hydrogen-bond donors (Lipinski definition) is 1. The Morgan fingerprint density at radius 3 is 2.36 bits per heavy atom. The van der Waals surface area contributed by atoms with Gasteiger partial charge in [-0.3, -0.25) is 4.90 Å². The van der Waals surface area contributed by atoms with Crippen molar-refractivity contribution in [1.29, 1.82) is 0 Å². The van der Waals surface area contributed by atoms with Crippen LogP contribution in [0.3, 0.4) is 0 Å². The Labute approximate surface area is 156 Å². The Kier molecular flexibility index (Phi) is 6.20. The summed E-state index contributed by atoms with van der Waals surface area (Å²) in [7, 11) is 0. The lowest BCUT2D eigenvalue weighted by molar-refractivity contribution is 0.200. The number of benzene rings is 2. The first-order chi connectivity index (χ1) is 12.2. The second kappa shape index (κ2) is 8.79. The Balaban J connectivity index is 1.42. The Morgan fingerprint density at radius 1 is 1.00 bits per heavy atom. The highest BCUT2D eigenvalue weighted by molar-refractivity contribution is 7.80. The van der Waals surface area contributed by atoms with E-state index in [4.69, 9.17) is 12.2 Å². The minimum atomic E-state index is 0.823. The number of rotatable bonds is 4. The molecule has 130 valence electrons. The summed E-state index contributed by atoms with van der Waals surface area (Å²) in [5.41, 5.74) is 3.57. The van der Waals surface area contributed by atoms with Gasteiger partial charge in [-0.2, -0.15) is 0 Å². The average Bonchev–Trinajstić information content (AvgIpc) is 2.65. The van der Waals surface area contributed by atoms with E-state index in [0.29, 0.717) is 0 Å². The summed E-state index contributed by atoms with van der Waals surface area (Å²) in [5, 5.41) is 4.17. The molecule has 1 aliphatic rings. The van der Waals surface area contributed by atoms with Gasteiger partial charge in [-0.25, -0.2) is 0 Å². The summed E-state index contributed by atoms with van der Waals surface area (Å²) >= 11 is 5.56. The normalized spacial score (nSPS) is 15.5. The van der Waals surface area contributed by atoms with Gasteiger partial charge in [0.25, 0.3) is 0 Å². The van der Waals surface area contributed by atoms with E-state index in [1.165, 1.54) is 11.1 Å². The van der Waals surface area contributed by atoms with E-state index in [1.54, 1.807) is 0 Å². The average molecular weight is 352 g/mol. The highest BCUT2D eigenvalue weighted by atomic mass is 32.1. The molecule has 1 saturated heterocycles. The molecule has 0 bridgehead atoms. The van der Waals surface area contributed by atoms with Crippen molar-refractivity contribution in [2.24, 2.45) is 0 Å². The largest absolute Gasteiger partial charge is 0.346 e. The molecule has 1 N–H and O–H groups in total. The van der Waals surface area contributed by atoms with Crippen molar-refractivity contribution in [2.45, 2.75) is 6.92 Å². The summed E-state index contributed by atoms with van der Waals surface area (Å²) in [4.78, 5) is 4.72. The molecule has 1 heterocycles. The van der Waals surface area contributed by atoms with Crippen molar-refractivity contribution < 1.29 is 0 Å². The number of nitrogens with one attached hydrogen (secondary N) is 1. The third-order valence-corrected chi connectivity index (χ3v) is 4.80. The highest BCUT2D eigenvalue weighted by Crippen LogP contribution is 2.11. The molecule has 3 nitrogen and oxygen atoms in total. The second-order valence-corrected chi connectivity index (χ2v) is 6.78. The van der Waals surface area contributed by atoms with Crippen LogP contribution in [0, 0.1) is 6.92 Å². The zero-order valence-electron chi connectivity index (χ0n) is 14.7. The maximum atomic E-state index is 5.56. The molecule has 3 rings (SSSR count). The smallest absolute Gasteiger partial charge is 0.173 e. The van der Waals surface area contributed by atoms with Crippen LogP contribution in [0.2, 0.25) is 0 Å². The lowest BCUT2D eigenvalue weighted by Gasteiger charge is -2.35. The van der Waals surface area contributed by atoms with Crippen LogP contribution in [0.25, 0.3) is 6.08 Å². The van der Waals surface area contributed by atoms with Crippen molar-refractivity contribution in [3.05, 3.63) is 71.8 Å². The van der Waals surface area contributed by atoms with Gasteiger partial charge >= 0.3 is 0 Å². The molecule has 0 unspecified atom stereocenters. The maximum absolute atomic E-state index is 5.56. The van der Waals surface area contributed by atoms with E-state index < -0.39 is 0 Å². The first-order valence-electron chi connectivity index (χ1n) is 8.77. The van der Waals surface area contributed by atoms with Crippen molar-refractivity contribution in [1.82, 2.24) is 9.80 Å². The zero-order valence-corrected chi connectivity index (χ0v) is 15.5. The number of hydrogen-bond acceptors (Lipinski definition) is 2. The van der Waals surface area contributed by atoms with E-state index >= 15 is 0 Å². The SMILES string of the molecule is Cc1ccc(NC(=S)N2CCN(C/C=C\c3ccccc3)CC2)cc1. The summed E-state index contributed by atoms with van der Waals surface area (Å²) in [6.45, 7) is 7.09. The zero-order chi connectivity index (χ0) is 17.5. The van der Waals surface area contributed by atoms with Gasteiger partial charge in [0, 0.05) is 38.4 Å². The van der Waals surface area contributed by atoms with Gasteiger partial charge < -0.3 is 10.2 Å². The molecule has 25 heavy (non-hydrogen) atoms. The van der Waals surface area contributed by atoms with Crippen LogP contribution < -0.4 is 5.32 Å². The van der Waals surface area contributed by atoms with Gasteiger partial charge in [-0.05, 0) is 36.8 Å². The van der Waals surface area contributed by atoms with E-state index in [9.17, 15) is 0 Å². The lowest BCUT2D eigenvalue weighted by atomic mass is 10.2. The van der Waals surface area contributed by atoms with E-state index in [0.717, 1.165) is 43.5 Å². The third-order valence-electron chi connectivity index (χ3n) is 4.44. The van der Waals surface area contributed by atoms with Crippen LogP contribution in [-0.2, 0) is 0 Å². The van der Waals surface area contributed by atoms with Gasteiger partial charge in [0.15, 0.2) is 5.11 Å². The van der Waals surface area contributed by atoms with Gasteiger partial charge in [0.2, 0.25) is 0 Å². The molecule has 4 heteroatoms. The first-order valence-corrected chi connectivity index (χ1v) is 9.18. The quantitative estimate of drug-likeness (QED) is 0.838. The van der Waals surface area contributed by atoms with Gasteiger partial charge in [0.1, 0.15) is 0 Å². The minimum Gasteiger partial charge on any atom is -0.346 e. The fraction of sp³-hybridized carbons (Fsp3) is 0.286. The Hall–Kier alpha value is -2.17. The highest BCUT2D eigenvalue weighted by Gasteiger charge is 2.17. The molecule has 1 aliphatic heterocycles. The molecule has 1 fully saturated rings. The van der Waals surface area contributed by atoms with Crippen LogP contribution >= 0.6 is 12.2 Å². The number of thiocarbonyl (C=S) groups is 1. The van der Waals surface area contributed by atoms with Crippen molar-refractivity contribution >= 4 is 29.1 Å². The molecule has 2 aromatic carbocycles. The van der Waals surface area contributed by atoms with E-state index in [2.05, 4.69) is 82.7 Å². The molecule has 2 aromatic rings. The number of aryl methyl sites for hydroxylation is 1. The molecule has 0 atom stereocenters. The van der Waals surface area contributed by atoms with Crippen molar-refractivity contribution in [3.8, 4) is 0 Å². The van der Waals surface area contributed by atoms with Crippen molar-refractivity contribution in [3.63, 3.8) is 0 Å². The first kappa shape index (κ1) is 17.6. The third kappa shape index (κ3) is 5.41. The number of anilines is 1. The van der Waals surface area contributed by atoms with Crippen LogP contribution in [0.15, 0.2) is 60.7 Å². The standard InChI is InChI=1S/C21H25N3S/c1-18-9-11-20(12-10-18)22-21(25)24-16-14-23(15-17-24)13-5-8-19-6-3-2-4-7-19/h2-12H,13-17H2,1H3,(H,22,25)/b8-5-. The van der Waals surface area contributed by atoms with Crippen LogP contribution in [-0.4, -0.2) is 47.6 Å². The van der Waals surface area contributed by atoms with Gasteiger partial charge in [0.05, 0.1) is 0 Å². The predicted octanol–water partition coefficient (Wildman–Crippen LogP) is 4.02. The summed E-state index contributed by atoms with van der Waals surface area (Å²) in [6.07, 6.45) is 4.43. The topological polar surface area (TPSA) is 18.5 Å². The molecule has 0 radical (unpaired) electrons. The monoisotopic (exact) mass is 351 g/mol. The molecular formula is C21H25N3S. The van der Waals surface area contributed by atoms with Crippen molar-refractivity contribution in [2.75, 3.05) is 38.0 Å². The van der Waals surface area contributed by atoms with Gasteiger partial charge in [-0.1, -0.05) is 60.2 Å². The summed E-state index contributed by atoms with van der Waals surface area (Å²) < 4.78 is 0. The molecule has 0 saturated carbocycles. The summed E-state index contributed by atoms with van der Waals surface area (Å²) in [6, 6.07) is 18.8. The predicted molar refractivity (Wildman–Crippen MR) is 111 cm³/mol. The number of nitrogens with zero attached hydrogens (tertiary/aromatic N) is 2. The Bertz CT molecular complexity index is 702. The Morgan fingerprint density at radius 2 is 1.68 bits per heavy atom. The van der Waals surface area contributed by atoms with Gasteiger partial charge in [-0.15, -0.1) is 0 Å².